The zero-order valence-electron chi connectivity index (χ0n) is 15.0. The molecule has 0 unspecified atom stereocenters. The summed E-state index contributed by atoms with van der Waals surface area (Å²) in [5.41, 5.74) is 1.24. The van der Waals surface area contributed by atoms with Gasteiger partial charge in [-0.15, -0.1) is 11.3 Å². The summed E-state index contributed by atoms with van der Waals surface area (Å²) in [4.78, 5) is 25.9. The number of sulfonamides is 1. The average molecular weight is 409 g/mol. The van der Waals surface area contributed by atoms with Gasteiger partial charge in [0.2, 0.25) is 15.9 Å². The number of benzene rings is 1. The largest absolute Gasteiger partial charge is 0.465 e. The SMILES string of the molecule is COC(=O)c1sc(-c2ccccc2)cc1NC(=O)[C@@H]1CCCN1S(C)(=O)=O. The predicted octanol–water partition coefficient (Wildman–Crippen LogP) is 2.56. The molecule has 1 N–H and O–H groups in total. The normalized spacial score (nSPS) is 17.6. The zero-order chi connectivity index (χ0) is 19.6. The van der Waals surface area contributed by atoms with Crippen molar-refractivity contribution in [1.29, 1.82) is 0 Å². The Hall–Kier alpha value is -2.23. The van der Waals surface area contributed by atoms with Crippen LogP contribution in [0.4, 0.5) is 5.69 Å². The van der Waals surface area contributed by atoms with Crippen LogP contribution < -0.4 is 5.32 Å². The first-order chi connectivity index (χ1) is 12.8. The highest BCUT2D eigenvalue weighted by Crippen LogP contribution is 2.35. The minimum absolute atomic E-state index is 0.272. The highest BCUT2D eigenvalue weighted by Gasteiger charge is 2.37. The standard InChI is InChI=1S/C18H20N2O5S2/c1-25-18(22)16-13(11-15(26-16)12-7-4-3-5-8-12)19-17(21)14-9-6-10-20(14)27(2,23)24/h3-5,7-8,11,14H,6,9-10H2,1-2H3,(H,19,21)/t14-/m0/s1. The summed E-state index contributed by atoms with van der Waals surface area (Å²) in [6, 6.07) is 10.4. The Morgan fingerprint density at radius 1 is 1.26 bits per heavy atom. The van der Waals surface area contributed by atoms with Crippen molar-refractivity contribution in [3.8, 4) is 10.4 Å². The summed E-state index contributed by atoms with van der Waals surface area (Å²) >= 11 is 1.22. The lowest BCUT2D eigenvalue weighted by Gasteiger charge is -2.21. The van der Waals surface area contributed by atoms with E-state index in [0.29, 0.717) is 25.1 Å². The molecule has 3 rings (SSSR count). The maximum atomic E-state index is 12.7. The van der Waals surface area contributed by atoms with Gasteiger partial charge in [-0.3, -0.25) is 4.79 Å². The number of esters is 1. The number of amides is 1. The lowest BCUT2D eigenvalue weighted by atomic mass is 10.2. The summed E-state index contributed by atoms with van der Waals surface area (Å²) in [7, 11) is -2.20. The van der Waals surface area contributed by atoms with Crippen molar-refractivity contribution in [2.24, 2.45) is 0 Å². The number of anilines is 1. The van der Waals surface area contributed by atoms with Crippen LogP contribution in [0.25, 0.3) is 10.4 Å². The first-order valence-corrected chi connectivity index (χ1v) is 11.0. The van der Waals surface area contributed by atoms with Gasteiger partial charge in [-0.1, -0.05) is 30.3 Å². The summed E-state index contributed by atoms with van der Waals surface area (Å²) in [5.74, 6) is -0.996. The number of hydrogen-bond acceptors (Lipinski definition) is 6. The Balaban J connectivity index is 1.90. The van der Waals surface area contributed by atoms with E-state index in [2.05, 4.69) is 5.32 Å². The molecule has 0 aliphatic carbocycles. The molecular formula is C18H20N2O5S2. The van der Waals surface area contributed by atoms with Crippen LogP contribution in [-0.4, -0.2) is 50.6 Å². The Bertz CT molecular complexity index is 953. The fourth-order valence-corrected chi connectivity index (χ4v) is 5.25. The molecule has 1 aliphatic heterocycles. The molecule has 1 aliphatic rings. The monoisotopic (exact) mass is 408 g/mol. The van der Waals surface area contributed by atoms with Gasteiger partial charge in [0.25, 0.3) is 0 Å². The van der Waals surface area contributed by atoms with Gasteiger partial charge >= 0.3 is 5.97 Å². The van der Waals surface area contributed by atoms with Crippen LogP contribution in [0.1, 0.15) is 22.5 Å². The van der Waals surface area contributed by atoms with Gasteiger partial charge in [0.05, 0.1) is 19.1 Å². The van der Waals surface area contributed by atoms with Gasteiger partial charge in [0, 0.05) is 11.4 Å². The van der Waals surface area contributed by atoms with E-state index in [1.807, 2.05) is 30.3 Å². The lowest BCUT2D eigenvalue weighted by molar-refractivity contribution is -0.119. The van der Waals surface area contributed by atoms with E-state index >= 15 is 0 Å². The first-order valence-electron chi connectivity index (χ1n) is 8.36. The van der Waals surface area contributed by atoms with Crippen LogP contribution in [0.5, 0.6) is 0 Å². The van der Waals surface area contributed by atoms with E-state index in [1.54, 1.807) is 6.07 Å². The van der Waals surface area contributed by atoms with Crippen LogP contribution in [-0.2, 0) is 19.6 Å². The number of rotatable bonds is 5. The number of carbonyl (C=O) groups excluding carboxylic acids is 2. The second-order valence-electron chi connectivity index (χ2n) is 6.23. The number of nitrogens with one attached hydrogen (secondary N) is 1. The second kappa shape index (κ2) is 7.79. The number of ether oxygens (including phenoxy) is 1. The van der Waals surface area contributed by atoms with E-state index in [-0.39, 0.29) is 4.88 Å². The molecule has 144 valence electrons. The van der Waals surface area contributed by atoms with Crippen molar-refractivity contribution in [3.05, 3.63) is 41.3 Å². The third-order valence-electron chi connectivity index (χ3n) is 4.35. The molecule has 1 aromatic heterocycles. The van der Waals surface area contributed by atoms with Crippen molar-refractivity contribution in [3.63, 3.8) is 0 Å². The smallest absolute Gasteiger partial charge is 0.350 e. The molecule has 27 heavy (non-hydrogen) atoms. The van der Waals surface area contributed by atoms with Crippen molar-refractivity contribution in [1.82, 2.24) is 4.31 Å². The molecule has 0 saturated carbocycles. The summed E-state index contributed by atoms with van der Waals surface area (Å²) in [6.45, 7) is 0.319. The van der Waals surface area contributed by atoms with E-state index in [9.17, 15) is 18.0 Å². The fourth-order valence-electron chi connectivity index (χ4n) is 3.09. The van der Waals surface area contributed by atoms with Gasteiger partial charge < -0.3 is 10.1 Å². The molecule has 7 nitrogen and oxygen atoms in total. The zero-order valence-corrected chi connectivity index (χ0v) is 16.6. The minimum atomic E-state index is -3.47. The van der Waals surface area contributed by atoms with Crippen LogP contribution in [0.15, 0.2) is 36.4 Å². The van der Waals surface area contributed by atoms with Crippen molar-refractivity contribution in [2.75, 3.05) is 25.2 Å². The Morgan fingerprint density at radius 3 is 2.59 bits per heavy atom. The summed E-state index contributed by atoms with van der Waals surface area (Å²) < 4.78 is 29.8. The van der Waals surface area contributed by atoms with Gasteiger partial charge in [0.15, 0.2) is 0 Å². The number of hydrogen-bond donors (Lipinski definition) is 1. The molecule has 1 aromatic carbocycles. The van der Waals surface area contributed by atoms with E-state index in [0.717, 1.165) is 16.7 Å². The fraction of sp³-hybridized carbons (Fsp3) is 0.333. The molecule has 1 saturated heterocycles. The number of thiophene rings is 1. The van der Waals surface area contributed by atoms with Crippen LogP contribution in [0.3, 0.4) is 0 Å². The molecule has 1 amide bonds. The van der Waals surface area contributed by atoms with Gasteiger partial charge in [-0.25, -0.2) is 13.2 Å². The quantitative estimate of drug-likeness (QED) is 0.768. The first kappa shape index (κ1) is 19.5. The molecular weight excluding hydrogens is 388 g/mol. The molecule has 2 aromatic rings. The van der Waals surface area contributed by atoms with Crippen molar-refractivity contribution in [2.45, 2.75) is 18.9 Å². The topological polar surface area (TPSA) is 92.8 Å². The Morgan fingerprint density at radius 2 is 1.96 bits per heavy atom. The third kappa shape index (κ3) is 4.20. The number of methoxy groups -OCH3 is 1. The van der Waals surface area contributed by atoms with Crippen LogP contribution >= 0.6 is 11.3 Å². The summed E-state index contributed by atoms with van der Waals surface area (Å²) in [5, 5.41) is 2.72. The molecule has 1 fully saturated rings. The average Bonchev–Trinajstić information content (AvgIpc) is 3.29. The summed E-state index contributed by atoms with van der Waals surface area (Å²) in [6.07, 6.45) is 2.16. The Kier molecular flexibility index (Phi) is 5.64. The van der Waals surface area contributed by atoms with Gasteiger partial charge in [-0.05, 0) is 24.5 Å². The maximum Gasteiger partial charge on any atom is 0.350 e. The minimum Gasteiger partial charge on any atom is -0.465 e. The van der Waals surface area contributed by atoms with Crippen LogP contribution in [0.2, 0.25) is 0 Å². The molecule has 2 heterocycles. The molecule has 0 radical (unpaired) electrons. The van der Waals surface area contributed by atoms with Crippen molar-refractivity contribution >= 4 is 38.9 Å². The maximum absolute atomic E-state index is 12.7. The molecule has 0 bridgehead atoms. The van der Waals surface area contributed by atoms with Crippen molar-refractivity contribution < 1.29 is 22.7 Å². The third-order valence-corrected chi connectivity index (χ3v) is 6.80. The van der Waals surface area contributed by atoms with E-state index in [1.165, 1.54) is 22.8 Å². The second-order valence-corrected chi connectivity index (χ2v) is 9.22. The highest BCUT2D eigenvalue weighted by atomic mass is 32.2. The molecule has 9 heteroatoms. The van der Waals surface area contributed by atoms with E-state index < -0.39 is 27.9 Å². The number of carbonyl (C=O) groups is 2. The predicted molar refractivity (Wildman–Crippen MR) is 104 cm³/mol. The number of nitrogens with zero attached hydrogens (tertiary/aromatic N) is 1. The van der Waals surface area contributed by atoms with E-state index in [4.69, 9.17) is 4.74 Å². The Labute approximate surface area is 162 Å². The van der Waals surface area contributed by atoms with Gasteiger partial charge in [-0.2, -0.15) is 4.31 Å². The lowest BCUT2D eigenvalue weighted by Crippen LogP contribution is -2.42. The molecule has 1 atom stereocenters. The highest BCUT2D eigenvalue weighted by molar-refractivity contribution is 7.88. The van der Waals surface area contributed by atoms with Gasteiger partial charge in [0.1, 0.15) is 10.9 Å². The molecule has 0 spiro atoms. The van der Waals surface area contributed by atoms with Crippen LogP contribution in [0, 0.1) is 0 Å².